The number of halogens is 9. The van der Waals surface area contributed by atoms with Gasteiger partial charge in [-0.2, -0.15) is 39.5 Å². The molecule has 0 spiro atoms. The highest BCUT2D eigenvalue weighted by atomic mass is 19.4. The minimum absolute atomic E-state index is 0.232. The second kappa shape index (κ2) is 18.3. The second-order valence-corrected chi connectivity index (χ2v) is 12.7. The molecule has 1 unspecified atom stereocenters. The highest BCUT2D eigenvalue weighted by Crippen LogP contribution is 2.55. The van der Waals surface area contributed by atoms with Crippen LogP contribution in [0.15, 0.2) is 48.6 Å². The van der Waals surface area contributed by atoms with E-state index in [4.69, 9.17) is 18.9 Å². The van der Waals surface area contributed by atoms with Crippen molar-refractivity contribution in [2.75, 3.05) is 26.4 Å². The highest BCUT2D eigenvalue weighted by Gasteiger charge is 2.77. The van der Waals surface area contributed by atoms with Crippen molar-refractivity contribution in [2.45, 2.75) is 83.7 Å². The Morgan fingerprint density at radius 3 is 1.06 bits per heavy atom. The molecule has 1 atom stereocenters. The Bertz CT molecular complexity index is 1440. The molecule has 0 fully saturated rings. The lowest BCUT2D eigenvalue weighted by molar-refractivity contribution is -0.340. The summed E-state index contributed by atoms with van der Waals surface area (Å²) in [6.45, 7) is 14.2. The third kappa shape index (κ3) is 14.1. The summed E-state index contributed by atoms with van der Waals surface area (Å²) in [5.41, 5.74) is -12.1. The van der Waals surface area contributed by atoms with Gasteiger partial charge in [0.15, 0.2) is 0 Å². The zero-order chi connectivity index (χ0) is 42.8. The van der Waals surface area contributed by atoms with Gasteiger partial charge in [-0.15, -0.1) is 0 Å². The Hall–Kier alpha value is -5.05. The molecule has 13 nitrogen and oxygen atoms in total. The number of carbonyl (C=O) groups excluding carboxylic acids is 6. The molecule has 0 radical (unpaired) electrons. The summed E-state index contributed by atoms with van der Waals surface area (Å²) in [4.78, 5) is 73.7. The Kier molecular flexibility index (Phi) is 16.6. The molecule has 0 aliphatic carbocycles. The number of amides is 2. The van der Waals surface area contributed by atoms with E-state index in [2.05, 4.69) is 31.1 Å². The smallest absolute Gasteiger partial charge is 0.425 e. The summed E-state index contributed by atoms with van der Waals surface area (Å²) >= 11 is 0. The molecular weight excluding hydrogens is 759 g/mol. The molecule has 0 rings (SSSR count). The fraction of sp³-hybridized carbons (Fsp3) is 0.562. The van der Waals surface area contributed by atoms with Crippen molar-refractivity contribution >= 4 is 35.9 Å². The Morgan fingerprint density at radius 2 is 0.815 bits per heavy atom. The average molecular weight is 799 g/mol. The highest BCUT2D eigenvalue weighted by molar-refractivity contribution is 5.89. The van der Waals surface area contributed by atoms with Crippen molar-refractivity contribution < 1.29 is 92.0 Å². The van der Waals surface area contributed by atoms with Crippen LogP contribution in [0.5, 0.6) is 0 Å². The van der Waals surface area contributed by atoms with E-state index >= 15 is 0 Å². The van der Waals surface area contributed by atoms with Crippen LogP contribution in [0.4, 0.5) is 44.3 Å². The number of rotatable bonds is 18. The van der Waals surface area contributed by atoms with Crippen LogP contribution in [0.25, 0.3) is 0 Å². The molecule has 22 heteroatoms. The number of alkyl halides is 9. The van der Waals surface area contributed by atoms with Crippen LogP contribution in [0.3, 0.4) is 0 Å². The van der Waals surface area contributed by atoms with E-state index in [1.165, 1.54) is 5.32 Å². The molecule has 0 aromatic heterocycles. The van der Waals surface area contributed by atoms with Gasteiger partial charge in [0.05, 0.1) is 0 Å². The molecule has 0 aliphatic heterocycles. The van der Waals surface area contributed by atoms with Gasteiger partial charge < -0.3 is 34.3 Å². The predicted molar refractivity (Wildman–Crippen MR) is 167 cm³/mol. The van der Waals surface area contributed by atoms with Crippen LogP contribution in [0, 0.1) is 5.41 Å². The first-order chi connectivity index (χ1) is 24.1. The molecule has 0 saturated heterocycles. The van der Waals surface area contributed by atoms with E-state index in [-0.39, 0.29) is 22.3 Å². The van der Waals surface area contributed by atoms with Crippen LogP contribution in [0.1, 0.15) is 48.0 Å². The molecule has 2 amide bonds. The summed E-state index contributed by atoms with van der Waals surface area (Å²) in [7, 11) is 0. The summed E-state index contributed by atoms with van der Waals surface area (Å²) in [6, 6.07) is 0. The topological polar surface area (TPSA) is 173 Å². The quantitative estimate of drug-likeness (QED) is 0.0803. The van der Waals surface area contributed by atoms with Crippen molar-refractivity contribution in [2.24, 2.45) is 5.41 Å². The number of hydrogen-bond donors (Lipinski definition) is 2. The third-order valence-electron chi connectivity index (χ3n) is 6.76. The number of hydrogen-bond acceptors (Lipinski definition) is 11. The van der Waals surface area contributed by atoms with Crippen molar-refractivity contribution in [3.63, 3.8) is 0 Å². The van der Waals surface area contributed by atoms with Gasteiger partial charge in [0.2, 0.25) is 17.4 Å². The van der Waals surface area contributed by atoms with E-state index < -0.39 is 110 Å². The predicted octanol–water partition coefficient (Wildman–Crippen LogP) is 5.26. The Labute approximate surface area is 302 Å². The molecule has 306 valence electrons. The van der Waals surface area contributed by atoms with E-state index in [9.17, 15) is 68.3 Å². The van der Waals surface area contributed by atoms with E-state index in [1.807, 2.05) is 0 Å². The maximum Gasteiger partial charge on any atom is 0.425 e. The SMILES string of the molecule is C=C(C)C(=O)OCC(C)(COC(=O)C(=C)C)NC(=O)OC(CC(C(=O)NC(C)(COC(=O)C(=C)C)COC(=O)C(=C)C)(C(F)(F)F)C(F)(F)F)C(F)(F)F. The lowest BCUT2D eigenvalue weighted by Gasteiger charge is -2.41. The molecule has 54 heavy (non-hydrogen) atoms. The minimum atomic E-state index is -6.93. The van der Waals surface area contributed by atoms with Crippen LogP contribution in [-0.2, 0) is 47.7 Å². The molecule has 0 saturated carbocycles. The largest absolute Gasteiger partial charge is 0.460 e. The normalized spacial score (nSPS) is 13.0. The number of ether oxygens (including phenoxy) is 5. The van der Waals surface area contributed by atoms with Crippen molar-refractivity contribution in [3.8, 4) is 0 Å². The van der Waals surface area contributed by atoms with Crippen LogP contribution < -0.4 is 10.6 Å². The van der Waals surface area contributed by atoms with Crippen LogP contribution >= 0.6 is 0 Å². The van der Waals surface area contributed by atoms with Gasteiger partial charge in [-0.25, -0.2) is 24.0 Å². The summed E-state index contributed by atoms with van der Waals surface area (Å²) < 4.78 is 153. The number of esters is 4. The fourth-order valence-electron chi connectivity index (χ4n) is 3.65. The zero-order valence-electron chi connectivity index (χ0n) is 29.8. The number of carbonyl (C=O) groups is 6. The number of alkyl carbamates (subject to hydrolysis) is 1. The van der Waals surface area contributed by atoms with Gasteiger partial charge in [0.25, 0.3) is 0 Å². The molecule has 0 aliphatic rings. The molecule has 0 bridgehead atoms. The zero-order valence-corrected chi connectivity index (χ0v) is 29.8. The van der Waals surface area contributed by atoms with Crippen LogP contribution in [0.2, 0.25) is 0 Å². The van der Waals surface area contributed by atoms with Crippen molar-refractivity contribution in [1.29, 1.82) is 0 Å². The van der Waals surface area contributed by atoms with Gasteiger partial charge in [-0.1, -0.05) is 26.3 Å². The van der Waals surface area contributed by atoms with Gasteiger partial charge in [0, 0.05) is 28.7 Å². The standard InChI is InChI=1S/C32H39F9N2O11/c1-16(2)21(44)50-12-27(9,13-51-22(45)17(3)4)42-25(48)29(31(36,37)38,32(39,40)41)11-20(30(33,34)35)54-26(49)43-28(10,14-52-23(46)18(5)6)15-53-24(47)19(7)8/h20H,1,3,5,7,11-15H2,2,4,6,8-10H3,(H,42,48)(H,43,49). The Morgan fingerprint density at radius 1 is 0.537 bits per heavy atom. The molecule has 2 N–H and O–H groups in total. The van der Waals surface area contributed by atoms with Crippen molar-refractivity contribution in [1.82, 2.24) is 10.6 Å². The van der Waals surface area contributed by atoms with Gasteiger partial charge in [-0.05, 0) is 41.5 Å². The molecule has 0 aromatic carbocycles. The average Bonchev–Trinajstić information content (AvgIpc) is 2.99. The maximum absolute atomic E-state index is 14.6. The summed E-state index contributed by atoms with van der Waals surface area (Å²) in [6.07, 6.45) is -30.2. The minimum Gasteiger partial charge on any atom is -0.460 e. The summed E-state index contributed by atoms with van der Waals surface area (Å²) in [5.74, 6) is -8.07. The first-order valence-electron chi connectivity index (χ1n) is 15.0. The number of nitrogens with one attached hydrogen (secondary N) is 2. The molecule has 0 heterocycles. The fourth-order valence-corrected chi connectivity index (χ4v) is 3.65. The van der Waals surface area contributed by atoms with Crippen LogP contribution in [-0.4, -0.2) is 98.0 Å². The van der Waals surface area contributed by atoms with Crippen molar-refractivity contribution in [3.05, 3.63) is 48.6 Å². The molecular formula is C32H39F9N2O11. The summed E-state index contributed by atoms with van der Waals surface area (Å²) in [5, 5.41) is 2.87. The molecule has 0 aromatic rings. The van der Waals surface area contributed by atoms with E-state index in [0.29, 0.717) is 6.92 Å². The lowest BCUT2D eigenvalue weighted by atomic mass is 9.78. The van der Waals surface area contributed by atoms with Gasteiger partial charge in [0.1, 0.15) is 37.5 Å². The van der Waals surface area contributed by atoms with Gasteiger partial charge >= 0.3 is 48.5 Å². The Balaban J connectivity index is 7.06. The lowest BCUT2D eigenvalue weighted by Crippen LogP contribution is -2.66. The monoisotopic (exact) mass is 798 g/mol. The van der Waals surface area contributed by atoms with Gasteiger partial charge in [-0.3, -0.25) is 4.79 Å². The second-order valence-electron chi connectivity index (χ2n) is 12.7. The maximum atomic E-state index is 14.6. The first-order valence-corrected chi connectivity index (χ1v) is 15.0. The van der Waals surface area contributed by atoms with E-state index in [0.717, 1.165) is 34.6 Å². The third-order valence-corrected chi connectivity index (χ3v) is 6.76. The first kappa shape index (κ1) is 49.0. The van der Waals surface area contributed by atoms with E-state index in [1.54, 1.807) is 5.32 Å².